The molecule has 1 aliphatic heterocycles. The number of nitrogens with two attached hydrogens (primary N) is 1. The zero-order valence-corrected chi connectivity index (χ0v) is 46.0. The second-order valence-corrected chi connectivity index (χ2v) is 22.9. The summed E-state index contributed by atoms with van der Waals surface area (Å²) < 4.78 is 82.7. The number of nitrogens with zero attached hydrogens (tertiary/aromatic N) is 7. The minimum absolute atomic E-state index is 0.0457. The number of sulfonamides is 1. The van der Waals surface area contributed by atoms with Crippen LogP contribution in [0.5, 0.6) is 11.5 Å². The molecule has 0 spiro atoms. The van der Waals surface area contributed by atoms with Crippen LogP contribution >= 0.6 is 11.3 Å². The number of anilines is 2. The Bertz CT molecular complexity index is 3700. The molecule has 8 aromatic rings. The third-order valence-corrected chi connectivity index (χ3v) is 15.5. The van der Waals surface area contributed by atoms with Crippen molar-refractivity contribution in [1.82, 2.24) is 45.1 Å². The molecule has 80 heavy (non-hydrogen) atoms. The number of ether oxygens (including phenoxy) is 2. The van der Waals surface area contributed by atoms with E-state index in [0.29, 0.717) is 44.6 Å². The SMILES string of the molecule is Cc1ncsc1-c1ccc(CNC(=O)[C@@H]2C[C@@H](O)CN2C(=O)[C@@H](NC(=O)c2cccc(OCCn3cc(-c4cnc(N)c5c(-c6ccc(NS(=O)(=O)C(F)F)c(O[C@@H](C)c7ccc(F)cc7)c6)nn(C)c45)cn3)c2)C(C)(C)C)cc1. The Morgan fingerprint density at radius 3 is 2.40 bits per heavy atom. The summed E-state index contributed by atoms with van der Waals surface area (Å²) in [6.07, 6.45) is 3.32. The van der Waals surface area contributed by atoms with E-state index in [1.54, 1.807) is 83.0 Å². The molecule has 0 unspecified atom stereocenters. The van der Waals surface area contributed by atoms with Crippen molar-refractivity contribution < 1.29 is 50.6 Å². The molecular weight excluding hydrogens is 1080 g/mol. The summed E-state index contributed by atoms with van der Waals surface area (Å²) in [4.78, 5) is 53.1. The predicted molar refractivity (Wildman–Crippen MR) is 296 cm³/mol. The Hall–Kier alpha value is -8.35. The van der Waals surface area contributed by atoms with E-state index >= 15 is 0 Å². The van der Waals surface area contributed by atoms with E-state index in [-0.39, 0.29) is 55.5 Å². The number of amides is 3. The topological polar surface area (TPSA) is 251 Å². The van der Waals surface area contributed by atoms with Crippen molar-refractivity contribution in [3.63, 3.8) is 0 Å². The second-order valence-electron chi connectivity index (χ2n) is 20.4. The summed E-state index contributed by atoms with van der Waals surface area (Å²) in [6, 6.07) is 21.9. The van der Waals surface area contributed by atoms with Gasteiger partial charge >= 0.3 is 5.76 Å². The van der Waals surface area contributed by atoms with Crippen molar-refractivity contribution in [2.24, 2.45) is 12.5 Å². The first kappa shape index (κ1) is 56.4. The van der Waals surface area contributed by atoms with Crippen molar-refractivity contribution in [3.05, 3.63) is 143 Å². The number of benzene rings is 4. The quantitative estimate of drug-likeness (QED) is 0.0512. The molecule has 9 rings (SSSR count). The molecule has 4 aromatic carbocycles. The highest BCUT2D eigenvalue weighted by Gasteiger charge is 2.44. The van der Waals surface area contributed by atoms with E-state index in [2.05, 4.69) is 25.7 Å². The lowest BCUT2D eigenvalue weighted by Crippen LogP contribution is -2.57. The molecule has 0 radical (unpaired) electrons. The van der Waals surface area contributed by atoms with Crippen LogP contribution in [0, 0.1) is 18.2 Å². The van der Waals surface area contributed by atoms with Crippen LogP contribution in [-0.2, 0) is 39.7 Å². The summed E-state index contributed by atoms with van der Waals surface area (Å²) in [5.41, 5.74) is 13.3. The van der Waals surface area contributed by atoms with Crippen molar-refractivity contribution in [2.75, 3.05) is 23.6 Å². The lowest BCUT2D eigenvalue weighted by molar-refractivity contribution is -0.142. The van der Waals surface area contributed by atoms with E-state index in [1.807, 2.05) is 56.7 Å². The number of hydrogen-bond donors (Lipinski definition) is 5. The summed E-state index contributed by atoms with van der Waals surface area (Å²) in [7, 11) is -3.40. The van der Waals surface area contributed by atoms with Crippen LogP contribution in [0.3, 0.4) is 0 Å². The van der Waals surface area contributed by atoms with E-state index in [9.17, 15) is 41.1 Å². The fourth-order valence-corrected chi connectivity index (χ4v) is 10.8. The van der Waals surface area contributed by atoms with Crippen molar-refractivity contribution in [3.8, 4) is 44.3 Å². The maximum Gasteiger partial charge on any atom is 0.355 e. The number of nitrogens with one attached hydrogen (secondary N) is 3. The standard InChI is InChI=1S/C56H58F3N11O8S2/c1-31-49(79-30-63-31)35-12-10-33(11-13-35)25-62-53(73)44-24-40(71)29-70(44)54(74)50(56(3,4)5)65-52(72)37-8-7-9-41(22-37)77-21-20-69-28-38(26-64-69)42-27-61-51(60)46-47(66-68(6)48(42)46)36-16-19-43(67-80(75,76)55(58)59)45(23-36)78-32(2)34-14-17-39(57)18-15-34/h7-19,22-23,26-28,30,32,40,44,50,55,67,71H,20-21,24-25,29H2,1-6H3,(H2,60,61)(H,62,73)(H,65,72)/t32-,40+,44-,50+/m0/s1. The highest BCUT2D eigenvalue weighted by atomic mass is 32.2. The van der Waals surface area contributed by atoms with Gasteiger partial charge in [-0.1, -0.05) is 69.3 Å². The zero-order valence-electron chi connectivity index (χ0n) is 44.4. The average molecular weight is 1130 g/mol. The Morgan fingerprint density at radius 1 is 0.963 bits per heavy atom. The highest BCUT2D eigenvalue weighted by molar-refractivity contribution is 7.93. The summed E-state index contributed by atoms with van der Waals surface area (Å²) in [6.45, 7) is 9.55. The molecule has 0 aliphatic carbocycles. The van der Waals surface area contributed by atoms with Crippen LogP contribution in [0.15, 0.2) is 115 Å². The minimum Gasteiger partial charge on any atom is -0.492 e. The number of rotatable bonds is 19. The molecule has 3 amide bonds. The van der Waals surface area contributed by atoms with Crippen LogP contribution in [0.25, 0.3) is 43.7 Å². The van der Waals surface area contributed by atoms with Crippen molar-refractivity contribution in [1.29, 1.82) is 0 Å². The number of carbonyl (C=O) groups excluding carboxylic acids is 3. The van der Waals surface area contributed by atoms with Gasteiger partial charge in [-0.25, -0.2) is 22.8 Å². The fraction of sp³-hybridized carbons (Fsp3) is 0.304. The molecule has 1 saturated heterocycles. The molecule has 4 aromatic heterocycles. The molecule has 19 nitrogen and oxygen atoms in total. The predicted octanol–water partition coefficient (Wildman–Crippen LogP) is 8.26. The van der Waals surface area contributed by atoms with Gasteiger partial charge in [0.25, 0.3) is 15.9 Å². The van der Waals surface area contributed by atoms with E-state index in [0.717, 1.165) is 21.7 Å². The lowest BCUT2D eigenvalue weighted by Gasteiger charge is -2.35. The molecular formula is C56H58F3N11O8S2. The van der Waals surface area contributed by atoms with Crippen LogP contribution in [0.2, 0.25) is 0 Å². The van der Waals surface area contributed by atoms with Gasteiger partial charge in [-0.2, -0.15) is 19.0 Å². The Balaban J connectivity index is 0.852. The van der Waals surface area contributed by atoms with Crippen LogP contribution in [-0.4, -0.2) is 103 Å². The van der Waals surface area contributed by atoms with Gasteiger partial charge in [-0.15, -0.1) is 11.3 Å². The summed E-state index contributed by atoms with van der Waals surface area (Å²) >= 11 is 1.55. The van der Waals surface area contributed by atoms with Gasteiger partial charge in [0.05, 0.1) is 51.5 Å². The number of aliphatic hydroxyl groups is 1. The molecule has 418 valence electrons. The average Bonchev–Trinajstić information content (AvgIpc) is 4.28. The second kappa shape index (κ2) is 23.2. The first-order chi connectivity index (χ1) is 38.0. The molecule has 6 N–H and O–H groups in total. The lowest BCUT2D eigenvalue weighted by atomic mass is 9.85. The number of aliphatic hydroxyl groups excluding tert-OH is 1. The monoisotopic (exact) mass is 1130 g/mol. The third kappa shape index (κ3) is 12.4. The Morgan fingerprint density at radius 2 is 1.70 bits per heavy atom. The molecule has 24 heteroatoms. The zero-order chi connectivity index (χ0) is 57.2. The van der Waals surface area contributed by atoms with Gasteiger partial charge in [-0.3, -0.25) is 28.5 Å². The number of halogens is 3. The first-order valence-corrected chi connectivity index (χ1v) is 27.8. The largest absolute Gasteiger partial charge is 0.492 e. The number of hydrogen-bond acceptors (Lipinski definition) is 14. The summed E-state index contributed by atoms with van der Waals surface area (Å²) in [5.74, 6) is -5.28. The van der Waals surface area contributed by atoms with Gasteiger partial charge in [0, 0.05) is 61.2 Å². The number of alkyl halides is 2. The maximum absolute atomic E-state index is 14.3. The van der Waals surface area contributed by atoms with Crippen LogP contribution in [0.1, 0.15) is 67.4 Å². The Labute approximate surface area is 463 Å². The number of aromatic nitrogens is 6. The maximum atomic E-state index is 14.3. The number of thiazole rings is 1. The van der Waals surface area contributed by atoms with Gasteiger partial charge in [0.1, 0.15) is 53.6 Å². The van der Waals surface area contributed by atoms with Crippen molar-refractivity contribution >= 4 is 61.5 Å². The van der Waals surface area contributed by atoms with Gasteiger partial charge in [0.2, 0.25) is 11.8 Å². The van der Waals surface area contributed by atoms with E-state index in [4.69, 9.17) is 20.3 Å². The number of β-amino-alcohol motifs (C(OH)–C–C–N with tert-alkyl or cyclic N) is 1. The molecule has 5 heterocycles. The van der Waals surface area contributed by atoms with Crippen LogP contribution in [0.4, 0.5) is 24.7 Å². The van der Waals surface area contributed by atoms with E-state index in [1.165, 1.54) is 47.4 Å². The van der Waals surface area contributed by atoms with Gasteiger partial charge in [0.15, 0.2) is 0 Å². The molecule has 0 saturated carbocycles. The number of likely N-dealkylation sites (tertiary alicyclic amines) is 1. The fourth-order valence-electron chi connectivity index (χ4n) is 9.39. The molecule has 4 atom stereocenters. The molecule has 1 aliphatic rings. The van der Waals surface area contributed by atoms with Gasteiger partial charge in [-0.05, 0) is 78.4 Å². The first-order valence-electron chi connectivity index (χ1n) is 25.3. The summed E-state index contributed by atoms with van der Waals surface area (Å²) in [5, 5.41) is 26.3. The number of aryl methyl sites for hydroxylation is 2. The number of fused-ring (bicyclic) bond motifs is 1. The highest BCUT2D eigenvalue weighted by Crippen LogP contribution is 2.41. The Kier molecular flexibility index (Phi) is 16.3. The molecule has 0 bridgehead atoms. The number of nitrogen functional groups attached to an aromatic ring is 1. The van der Waals surface area contributed by atoms with E-state index < -0.39 is 69.0 Å². The van der Waals surface area contributed by atoms with Gasteiger partial charge < -0.3 is 35.8 Å². The third-order valence-electron chi connectivity index (χ3n) is 13.6. The number of carbonyl (C=O) groups is 3. The normalized spacial score (nSPS) is 15.5. The molecule has 1 fully saturated rings. The van der Waals surface area contributed by atoms with Crippen molar-refractivity contribution in [2.45, 2.75) is 84.2 Å². The number of pyridine rings is 1. The van der Waals surface area contributed by atoms with Crippen LogP contribution < -0.4 is 30.6 Å². The minimum atomic E-state index is -5.10. The smallest absolute Gasteiger partial charge is 0.355 e.